The number of nitrogens with zero attached hydrogens (tertiary/aromatic N) is 2. The van der Waals surface area contributed by atoms with Gasteiger partial charge in [0.2, 0.25) is 0 Å². The van der Waals surface area contributed by atoms with Gasteiger partial charge in [0, 0.05) is 12.1 Å². The number of methoxy groups -OCH3 is 1. The summed E-state index contributed by atoms with van der Waals surface area (Å²) in [5, 5.41) is 0. The highest BCUT2D eigenvalue weighted by atomic mass is 16.5. The van der Waals surface area contributed by atoms with E-state index in [4.69, 9.17) is 9.72 Å². The number of hydrogen-bond donors (Lipinski definition) is 0. The van der Waals surface area contributed by atoms with Crippen LogP contribution in [0.3, 0.4) is 0 Å². The molecule has 0 spiro atoms. The van der Waals surface area contributed by atoms with Gasteiger partial charge in [-0.1, -0.05) is 48.0 Å². The van der Waals surface area contributed by atoms with Gasteiger partial charge in [-0.3, -0.25) is 0 Å². The standard InChI is InChI=1S/C22H20N2O/c1-16-6-5-7-18(14-16)22-23-20-8-3-4-9-21(20)24(22)15-17-10-12-19(25-2)13-11-17/h3-14H,15H2,1-2H3. The van der Waals surface area contributed by atoms with Crippen molar-refractivity contribution in [2.24, 2.45) is 0 Å². The monoisotopic (exact) mass is 328 g/mol. The molecule has 0 N–H and O–H groups in total. The van der Waals surface area contributed by atoms with Gasteiger partial charge in [-0.2, -0.15) is 0 Å². The maximum absolute atomic E-state index is 5.26. The molecule has 1 heterocycles. The summed E-state index contributed by atoms with van der Waals surface area (Å²) in [5.41, 5.74) is 5.77. The van der Waals surface area contributed by atoms with E-state index in [1.807, 2.05) is 18.2 Å². The molecule has 3 nitrogen and oxygen atoms in total. The van der Waals surface area contributed by atoms with Gasteiger partial charge in [0.1, 0.15) is 11.6 Å². The molecule has 0 amide bonds. The minimum atomic E-state index is 0.772. The van der Waals surface area contributed by atoms with Crippen LogP contribution in [0.1, 0.15) is 11.1 Å². The van der Waals surface area contributed by atoms with Gasteiger partial charge in [-0.05, 0) is 42.8 Å². The molecule has 1 aromatic heterocycles. The third-order valence-corrected chi connectivity index (χ3v) is 4.43. The number of para-hydroxylation sites is 2. The van der Waals surface area contributed by atoms with Crippen LogP contribution in [0, 0.1) is 6.92 Å². The Hall–Kier alpha value is -3.07. The fraction of sp³-hybridized carbons (Fsp3) is 0.136. The molecule has 0 unspecified atom stereocenters. The van der Waals surface area contributed by atoms with E-state index in [-0.39, 0.29) is 0 Å². The number of benzene rings is 3. The number of rotatable bonds is 4. The van der Waals surface area contributed by atoms with Crippen LogP contribution < -0.4 is 4.74 Å². The van der Waals surface area contributed by atoms with Crippen LogP contribution in [0.25, 0.3) is 22.4 Å². The molecule has 25 heavy (non-hydrogen) atoms. The largest absolute Gasteiger partial charge is 0.497 e. The molecule has 3 heteroatoms. The lowest BCUT2D eigenvalue weighted by Gasteiger charge is -2.11. The fourth-order valence-electron chi connectivity index (χ4n) is 3.15. The predicted molar refractivity (Wildman–Crippen MR) is 102 cm³/mol. The van der Waals surface area contributed by atoms with E-state index in [2.05, 4.69) is 66.1 Å². The molecule has 0 atom stereocenters. The first-order valence-electron chi connectivity index (χ1n) is 8.40. The molecule has 3 aromatic carbocycles. The SMILES string of the molecule is COc1ccc(Cn2c(-c3cccc(C)c3)nc3ccccc32)cc1. The van der Waals surface area contributed by atoms with E-state index in [0.717, 1.165) is 34.7 Å². The summed E-state index contributed by atoms with van der Waals surface area (Å²) in [6, 6.07) is 25.0. The average Bonchev–Trinajstić information content (AvgIpc) is 3.01. The van der Waals surface area contributed by atoms with Gasteiger partial charge in [0.15, 0.2) is 0 Å². The van der Waals surface area contributed by atoms with Crippen LogP contribution in [0.5, 0.6) is 5.75 Å². The van der Waals surface area contributed by atoms with Crippen LogP contribution in [0.15, 0.2) is 72.8 Å². The Kier molecular flexibility index (Phi) is 3.98. The Bertz CT molecular complexity index is 1020. The Morgan fingerprint density at radius 1 is 0.920 bits per heavy atom. The van der Waals surface area contributed by atoms with E-state index in [1.54, 1.807) is 7.11 Å². The summed E-state index contributed by atoms with van der Waals surface area (Å²) in [4.78, 5) is 4.89. The lowest BCUT2D eigenvalue weighted by molar-refractivity contribution is 0.414. The van der Waals surface area contributed by atoms with Crippen molar-refractivity contribution in [3.63, 3.8) is 0 Å². The van der Waals surface area contributed by atoms with Crippen LogP contribution in [-0.2, 0) is 6.54 Å². The van der Waals surface area contributed by atoms with Crippen molar-refractivity contribution in [3.8, 4) is 17.1 Å². The molecule has 4 aromatic rings. The van der Waals surface area contributed by atoms with Gasteiger partial charge in [0.05, 0.1) is 18.1 Å². The van der Waals surface area contributed by atoms with Crippen molar-refractivity contribution in [3.05, 3.63) is 83.9 Å². The van der Waals surface area contributed by atoms with Crippen molar-refractivity contribution >= 4 is 11.0 Å². The summed E-state index contributed by atoms with van der Waals surface area (Å²) in [5.74, 6) is 1.87. The molecule has 0 aliphatic rings. The van der Waals surface area contributed by atoms with E-state index in [1.165, 1.54) is 11.1 Å². The molecular weight excluding hydrogens is 308 g/mol. The van der Waals surface area contributed by atoms with Gasteiger partial charge in [-0.15, -0.1) is 0 Å². The Morgan fingerprint density at radius 3 is 2.48 bits per heavy atom. The quantitative estimate of drug-likeness (QED) is 0.523. The molecule has 124 valence electrons. The first-order chi connectivity index (χ1) is 12.2. The van der Waals surface area contributed by atoms with Crippen LogP contribution >= 0.6 is 0 Å². The number of ether oxygens (including phenoxy) is 1. The number of hydrogen-bond acceptors (Lipinski definition) is 2. The second-order valence-electron chi connectivity index (χ2n) is 6.23. The summed E-state index contributed by atoms with van der Waals surface area (Å²) in [7, 11) is 1.69. The molecule has 0 aliphatic heterocycles. The first-order valence-corrected chi connectivity index (χ1v) is 8.40. The summed E-state index contributed by atoms with van der Waals surface area (Å²) >= 11 is 0. The minimum Gasteiger partial charge on any atom is -0.497 e. The number of aromatic nitrogens is 2. The summed E-state index contributed by atoms with van der Waals surface area (Å²) in [6.45, 7) is 2.88. The highest BCUT2D eigenvalue weighted by molar-refractivity contribution is 5.80. The molecule has 0 bridgehead atoms. The lowest BCUT2D eigenvalue weighted by Crippen LogP contribution is -2.02. The second-order valence-corrected chi connectivity index (χ2v) is 6.23. The summed E-state index contributed by atoms with van der Waals surface area (Å²) in [6.07, 6.45) is 0. The molecule has 0 fully saturated rings. The van der Waals surface area contributed by atoms with Gasteiger partial charge in [-0.25, -0.2) is 4.98 Å². The molecule has 0 saturated carbocycles. The number of fused-ring (bicyclic) bond motifs is 1. The van der Waals surface area contributed by atoms with Crippen molar-refractivity contribution in [2.75, 3.05) is 7.11 Å². The van der Waals surface area contributed by atoms with Gasteiger partial charge < -0.3 is 9.30 Å². The molecule has 0 aliphatic carbocycles. The average molecular weight is 328 g/mol. The van der Waals surface area contributed by atoms with Crippen LogP contribution in [-0.4, -0.2) is 16.7 Å². The molecular formula is C22H20N2O. The first kappa shape index (κ1) is 15.5. The van der Waals surface area contributed by atoms with Crippen molar-refractivity contribution in [1.29, 1.82) is 0 Å². The Morgan fingerprint density at radius 2 is 1.72 bits per heavy atom. The molecule has 4 rings (SSSR count). The smallest absolute Gasteiger partial charge is 0.141 e. The zero-order valence-corrected chi connectivity index (χ0v) is 14.4. The highest BCUT2D eigenvalue weighted by Crippen LogP contribution is 2.26. The van der Waals surface area contributed by atoms with E-state index in [9.17, 15) is 0 Å². The lowest BCUT2D eigenvalue weighted by atomic mass is 10.1. The van der Waals surface area contributed by atoms with Crippen molar-refractivity contribution < 1.29 is 4.74 Å². The predicted octanol–water partition coefficient (Wildman–Crippen LogP) is 5.07. The number of aryl methyl sites for hydroxylation is 1. The second kappa shape index (κ2) is 6.44. The third-order valence-electron chi connectivity index (χ3n) is 4.43. The molecule has 0 saturated heterocycles. The topological polar surface area (TPSA) is 27.1 Å². The highest BCUT2D eigenvalue weighted by Gasteiger charge is 2.13. The number of imidazole rings is 1. The van der Waals surface area contributed by atoms with Gasteiger partial charge in [0.25, 0.3) is 0 Å². The maximum atomic E-state index is 5.26. The van der Waals surface area contributed by atoms with Crippen LogP contribution in [0.2, 0.25) is 0 Å². The zero-order valence-electron chi connectivity index (χ0n) is 14.4. The van der Waals surface area contributed by atoms with E-state index < -0.39 is 0 Å². The summed E-state index contributed by atoms with van der Waals surface area (Å²) < 4.78 is 7.55. The van der Waals surface area contributed by atoms with Gasteiger partial charge >= 0.3 is 0 Å². The zero-order chi connectivity index (χ0) is 17.2. The van der Waals surface area contributed by atoms with Crippen molar-refractivity contribution in [2.45, 2.75) is 13.5 Å². The minimum absolute atomic E-state index is 0.772. The Balaban J connectivity index is 1.84. The normalized spacial score (nSPS) is 11.0. The molecule has 0 radical (unpaired) electrons. The van der Waals surface area contributed by atoms with Crippen LogP contribution in [0.4, 0.5) is 0 Å². The van der Waals surface area contributed by atoms with E-state index in [0.29, 0.717) is 0 Å². The van der Waals surface area contributed by atoms with Crippen molar-refractivity contribution in [1.82, 2.24) is 9.55 Å². The Labute approximate surface area is 147 Å². The third kappa shape index (κ3) is 3.01. The fourth-order valence-corrected chi connectivity index (χ4v) is 3.15. The van der Waals surface area contributed by atoms with E-state index >= 15 is 0 Å². The maximum Gasteiger partial charge on any atom is 0.141 e.